The first-order valence-corrected chi connectivity index (χ1v) is 17.5. The molecule has 2 aromatic heterocycles. The molecule has 0 saturated heterocycles. The third-order valence-corrected chi connectivity index (χ3v) is 10.9. The highest BCUT2D eigenvalue weighted by Crippen LogP contribution is 2.58. The molecule has 2 aliphatic rings. The number of para-hydroxylation sites is 1. The van der Waals surface area contributed by atoms with Gasteiger partial charge in [0.1, 0.15) is 11.2 Å². The molecule has 0 aliphatic heterocycles. The molecular formula is C46H34N2O. The van der Waals surface area contributed by atoms with Gasteiger partial charge in [0.25, 0.3) is 0 Å². The van der Waals surface area contributed by atoms with E-state index < -0.39 is 0 Å². The van der Waals surface area contributed by atoms with Crippen LogP contribution < -0.4 is 0 Å². The summed E-state index contributed by atoms with van der Waals surface area (Å²) < 4.78 is 6.79. The van der Waals surface area contributed by atoms with Crippen LogP contribution in [0.25, 0.3) is 78.1 Å². The van der Waals surface area contributed by atoms with Crippen molar-refractivity contribution in [1.82, 2.24) is 9.97 Å². The molecule has 0 unspecified atom stereocenters. The standard InChI is InChI=1S/C46H34N2O/c1-4-14-30(15-5-1)40-29-41(31-16-6-2-7-17-31)48-45(47-40)32-24-25-42-38(28-32)37-22-13-21-36(44(37)49-42)35-20-12-19-34-33-18-8-9-23-39(33)46(43(34)35)26-10-3-11-27-46/h1-2,4-9,12-25,28-29H,3,10-11,26-27H2. The lowest BCUT2D eigenvalue weighted by Gasteiger charge is -2.37. The van der Waals surface area contributed by atoms with Crippen molar-refractivity contribution in [3.8, 4) is 56.2 Å². The highest BCUT2D eigenvalue weighted by molar-refractivity contribution is 6.11. The summed E-state index contributed by atoms with van der Waals surface area (Å²) >= 11 is 0. The van der Waals surface area contributed by atoms with Crippen LogP contribution in [0.4, 0.5) is 0 Å². The van der Waals surface area contributed by atoms with Crippen molar-refractivity contribution in [1.29, 1.82) is 0 Å². The number of furan rings is 1. The van der Waals surface area contributed by atoms with Crippen molar-refractivity contribution in [3.05, 3.63) is 157 Å². The van der Waals surface area contributed by atoms with E-state index in [1.165, 1.54) is 65.5 Å². The van der Waals surface area contributed by atoms with Crippen LogP contribution in [-0.4, -0.2) is 9.97 Å². The van der Waals surface area contributed by atoms with Crippen molar-refractivity contribution in [2.75, 3.05) is 0 Å². The number of hydrogen-bond donors (Lipinski definition) is 0. The fraction of sp³-hybridized carbons (Fsp3) is 0.130. The Hall–Kier alpha value is -5.80. The topological polar surface area (TPSA) is 38.9 Å². The Morgan fingerprint density at radius 2 is 1.08 bits per heavy atom. The molecule has 10 rings (SSSR count). The molecule has 2 aliphatic carbocycles. The van der Waals surface area contributed by atoms with E-state index in [-0.39, 0.29) is 5.41 Å². The summed E-state index contributed by atoms with van der Waals surface area (Å²) in [5, 5.41) is 2.19. The van der Waals surface area contributed by atoms with E-state index >= 15 is 0 Å². The number of fused-ring (bicyclic) bond motifs is 8. The molecule has 6 aromatic carbocycles. The van der Waals surface area contributed by atoms with Gasteiger partial charge in [-0.15, -0.1) is 0 Å². The number of benzene rings is 6. The van der Waals surface area contributed by atoms with Crippen molar-refractivity contribution < 1.29 is 4.42 Å². The number of nitrogens with zero attached hydrogens (tertiary/aromatic N) is 2. The molecule has 2 heterocycles. The molecule has 1 saturated carbocycles. The molecule has 1 spiro atoms. The summed E-state index contributed by atoms with van der Waals surface area (Å²) in [6, 6.07) is 51.8. The molecule has 49 heavy (non-hydrogen) atoms. The maximum atomic E-state index is 6.79. The zero-order valence-corrected chi connectivity index (χ0v) is 27.2. The summed E-state index contributed by atoms with van der Waals surface area (Å²) in [6.45, 7) is 0. The van der Waals surface area contributed by atoms with Crippen LogP contribution in [0, 0.1) is 0 Å². The van der Waals surface area contributed by atoms with Gasteiger partial charge in [-0.1, -0.05) is 141 Å². The van der Waals surface area contributed by atoms with E-state index in [0.717, 1.165) is 50.0 Å². The third-order valence-electron chi connectivity index (χ3n) is 10.9. The second-order valence-corrected chi connectivity index (χ2v) is 13.6. The van der Waals surface area contributed by atoms with Crippen LogP contribution in [0.5, 0.6) is 0 Å². The van der Waals surface area contributed by atoms with Crippen molar-refractivity contribution >= 4 is 21.9 Å². The summed E-state index contributed by atoms with van der Waals surface area (Å²) in [5.41, 5.74) is 15.0. The van der Waals surface area contributed by atoms with E-state index in [9.17, 15) is 0 Å². The van der Waals surface area contributed by atoms with Gasteiger partial charge in [0.15, 0.2) is 5.82 Å². The molecule has 3 nitrogen and oxygen atoms in total. The Morgan fingerprint density at radius 3 is 1.82 bits per heavy atom. The predicted molar refractivity (Wildman–Crippen MR) is 200 cm³/mol. The second-order valence-electron chi connectivity index (χ2n) is 13.6. The smallest absolute Gasteiger partial charge is 0.160 e. The average Bonchev–Trinajstić information content (AvgIpc) is 3.69. The highest BCUT2D eigenvalue weighted by atomic mass is 16.3. The van der Waals surface area contributed by atoms with E-state index in [0.29, 0.717) is 5.82 Å². The van der Waals surface area contributed by atoms with Gasteiger partial charge < -0.3 is 4.42 Å². The van der Waals surface area contributed by atoms with Crippen molar-refractivity contribution in [2.24, 2.45) is 0 Å². The molecule has 0 atom stereocenters. The normalized spacial score (nSPS) is 14.7. The minimum absolute atomic E-state index is 0.0552. The number of aromatic nitrogens is 2. The zero-order chi connectivity index (χ0) is 32.4. The predicted octanol–water partition coefficient (Wildman–Crippen LogP) is 12.3. The molecule has 0 radical (unpaired) electrons. The molecule has 0 N–H and O–H groups in total. The van der Waals surface area contributed by atoms with Gasteiger partial charge in [0.2, 0.25) is 0 Å². The minimum atomic E-state index is 0.0552. The average molecular weight is 631 g/mol. The van der Waals surface area contributed by atoms with E-state index in [1.54, 1.807) is 0 Å². The van der Waals surface area contributed by atoms with Gasteiger partial charge in [0, 0.05) is 38.4 Å². The first kappa shape index (κ1) is 28.2. The number of hydrogen-bond acceptors (Lipinski definition) is 3. The van der Waals surface area contributed by atoms with E-state index in [2.05, 4.69) is 133 Å². The molecule has 3 heteroatoms. The van der Waals surface area contributed by atoms with Crippen LogP contribution >= 0.6 is 0 Å². The second kappa shape index (κ2) is 11.1. The largest absolute Gasteiger partial charge is 0.455 e. The van der Waals surface area contributed by atoms with Gasteiger partial charge in [-0.2, -0.15) is 0 Å². The van der Waals surface area contributed by atoms with E-state index in [1.807, 2.05) is 12.1 Å². The molecular weight excluding hydrogens is 597 g/mol. The molecule has 234 valence electrons. The Labute approximate surface area is 285 Å². The van der Waals surface area contributed by atoms with Gasteiger partial charge in [-0.3, -0.25) is 0 Å². The molecule has 0 bridgehead atoms. The Bertz CT molecular complexity index is 2470. The maximum Gasteiger partial charge on any atom is 0.160 e. The quantitative estimate of drug-likeness (QED) is 0.194. The summed E-state index contributed by atoms with van der Waals surface area (Å²) in [4.78, 5) is 10.2. The van der Waals surface area contributed by atoms with Gasteiger partial charge in [0.05, 0.1) is 11.4 Å². The zero-order valence-electron chi connectivity index (χ0n) is 27.2. The maximum absolute atomic E-state index is 6.79. The van der Waals surface area contributed by atoms with Crippen LogP contribution in [0.2, 0.25) is 0 Å². The fourth-order valence-electron chi connectivity index (χ4n) is 8.70. The fourth-order valence-corrected chi connectivity index (χ4v) is 8.70. The van der Waals surface area contributed by atoms with E-state index in [4.69, 9.17) is 14.4 Å². The highest BCUT2D eigenvalue weighted by Gasteiger charge is 2.45. The van der Waals surface area contributed by atoms with Crippen LogP contribution in [-0.2, 0) is 5.41 Å². The Balaban J connectivity index is 1.15. The van der Waals surface area contributed by atoms with Crippen LogP contribution in [0.1, 0.15) is 43.2 Å². The van der Waals surface area contributed by atoms with Gasteiger partial charge in [-0.05, 0) is 64.9 Å². The van der Waals surface area contributed by atoms with Crippen LogP contribution in [0.3, 0.4) is 0 Å². The third kappa shape index (κ3) is 4.42. The molecule has 0 amide bonds. The summed E-state index contributed by atoms with van der Waals surface area (Å²) in [7, 11) is 0. The Morgan fingerprint density at radius 1 is 0.469 bits per heavy atom. The molecule has 1 fully saturated rings. The molecule has 8 aromatic rings. The van der Waals surface area contributed by atoms with Gasteiger partial charge >= 0.3 is 0 Å². The lowest BCUT2D eigenvalue weighted by atomic mass is 9.66. The first-order chi connectivity index (χ1) is 24.3. The summed E-state index contributed by atoms with van der Waals surface area (Å²) in [6.07, 6.45) is 6.23. The minimum Gasteiger partial charge on any atom is -0.455 e. The van der Waals surface area contributed by atoms with Gasteiger partial charge in [-0.25, -0.2) is 9.97 Å². The lowest BCUT2D eigenvalue weighted by molar-refractivity contribution is 0.353. The first-order valence-electron chi connectivity index (χ1n) is 17.5. The van der Waals surface area contributed by atoms with Crippen molar-refractivity contribution in [2.45, 2.75) is 37.5 Å². The van der Waals surface area contributed by atoms with Crippen LogP contribution in [0.15, 0.2) is 150 Å². The SMILES string of the molecule is c1ccc(-c2cc(-c3ccccc3)nc(-c3ccc4oc5c(-c6cccc7c6C6(CCCCC6)c6ccccc6-7)cccc5c4c3)n2)cc1. The number of rotatable bonds is 4. The monoisotopic (exact) mass is 630 g/mol. The Kier molecular flexibility index (Phi) is 6.42. The van der Waals surface area contributed by atoms with Crippen molar-refractivity contribution in [3.63, 3.8) is 0 Å². The summed E-state index contributed by atoms with van der Waals surface area (Å²) in [5.74, 6) is 0.700. The lowest BCUT2D eigenvalue weighted by Crippen LogP contribution is -2.28.